The molecule has 2 amide bonds. The van der Waals surface area contributed by atoms with Crippen molar-refractivity contribution in [3.63, 3.8) is 0 Å². The van der Waals surface area contributed by atoms with Gasteiger partial charge >= 0.3 is 6.09 Å². The molecule has 0 aliphatic heterocycles. The van der Waals surface area contributed by atoms with E-state index in [1.807, 2.05) is 0 Å². The van der Waals surface area contributed by atoms with Gasteiger partial charge in [-0.2, -0.15) is 0 Å². The Hall–Kier alpha value is -2.18. The lowest BCUT2D eigenvalue weighted by Crippen LogP contribution is -2.34. The Kier molecular flexibility index (Phi) is 5.42. The van der Waals surface area contributed by atoms with Crippen LogP contribution < -0.4 is 16.4 Å². The first-order valence-corrected chi connectivity index (χ1v) is 6.47. The van der Waals surface area contributed by atoms with Gasteiger partial charge in [0.15, 0.2) is 0 Å². The fourth-order valence-corrected chi connectivity index (χ4v) is 1.43. The number of nitrogens with two attached hydrogens (primary N) is 1. The Morgan fingerprint density at radius 2 is 1.95 bits per heavy atom. The summed E-state index contributed by atoms with van der Waals surface area (Å²) < 4.78 is 5.08. The first-order chi connectivity index (χ1) is 9.28. The molecule has 1 aromatic heterocycles. The number of hydrogen-bond donors (Lipinski definition) is 4. The van der Waals surface area contributed by atoms with Crippen molar-refractivity contribution in [3.05, 3.63) is 18.0 Å². The van der Waals surface area contributed by atoms with Crippen LogP contribution in [0.2, 0.25) is 0 Å². The van der Waals surface area contributed by atoms with Crippen molar-refractivity contribution < 1.29 is 14.3 Å². The van der Waals surface area contributed by atoms with E-state index in [-0.39, 0.29) is 5.91 Å². The second-order valence-electron chi connectivity index (χ2n) is 5.38. The van der Waals surface area contributed by atoms with Crippen LogP contribution in [0.5, 0.6) is 0 Å². The van der Waals surface area contributed by atoms with Crippen LogP contribution >= 0.6 is 0 Å². The van der Waals surface area contributed by atoms with Crippen molar-refractivity contribution >= 4 is 17.7 Å². The fraction of sp³-hybridized carbons (Fsp3) is 0.538. The second-order valence-corrected chi connectivity index (χ2v) is 5.38. The van der Waals surface area contributed by atoms with E-state index in [4.69, 9.17) is 10.5 Å². The minimum absolute atomic E-state index is 0.223. The number of aromatic amines is 1. The molecule has 7 nitrogen and oxygen atoms in total. The summed E-state index contributed by atoms with van der Waals surface area (Å²) in [6, 6.07) is 1.56. The highest BCUT2D eigenvalue weighted by atomic mass is 16.6. The molecule has 0 aliphatic carbocycles. The maximum absolute atomic E-state index is 11.6. The zero-order valence-corrected chi connectivity index (χ0v) is 12.1. The van der Waals surface area contributed by atoms with Gasteiger partial charge < -0.3 is 26.1 Å². The van der Waals surface area contributed by atoms with Gasteiger partial charge in [0.1, 0.15) is 11.3 Å². The van der Waals surface area contributed by atoms with E-state index in [1.54, 1.807) is 33.0 Å². The zero-order chi connectivity index (χ0) is 15.2. The van der Waals surface area contributed by atoms with Crippen molar-refractivity contribution in [2.24, 2.45) is 0 Å². The maximum atomic E-state index is 11.6. The Balaban J connectivity index is 2.13. The van der Waals surface area contributed by atoms with Gasteiger partial charge in [0.2, 0.25) is 0 Å². The minimum atomic E-state index is -0.508. The molecular weight excluding hydrogens is 260 g/mol. The van der Waals surface area contributed by atoms with Crippen LogP contribution in [0.3, 0.4) is 0 Å². The molecule has 1 aromatic rings. The number of aromatic nitrogens is 1. The topological polar surface area (TPSA) is 109 Å². The third kappa shape index (κ3) is 6.12. The Bertz CT molecular complexity index is 462. The van der Waals surface area contributed by atoms with E-state index >= 15 is 0 Å². The van der Waals surface area contributed by atoms with Crippen molar-refractivity contribution in [1.29, 1.82) is 0 Å². The van der Waals surface area contributed by atoms with Crippen molar-refractivity contribution in [1.82, 2.24) is 15.6 Å². The SMILES string of the molecule is CC(C)(C)OC(=O)NCCCNC(=O)c1cc(N)c[nH]1. The highest BCUT2D eigenvalue weighted by Crippen LogP contribution is 2.06. The normalized spacial score (nSPS) is 10.9. The van der Waals surface area contributed by atoms with Crippen molar-refractivity contribution in [3.8, 4) is 0 Å². The number of amides is 2. The molecule has 0 spiro atoms. The molecule has 0 bridgehead atoms. The van der Waals surface area contributed by atoms with Crippen molar-refractivity contribution in [2.75, 3.05) is 18.8 Å². The minimum Gasteiger partial charge on any atom is -0.444 e. The molecule has 7 heteroatoms. The molecular formula is C13H22N4O3. The highest BCUT2D eigenvalue weighted by molar-refractivity contribution is 5.93. The van der Waals surface area contributed by atoms with Gasteiger partial charge in [-0.25, -0.2) is 4.79 Å². The number of alkyl carbamates (subject to hydrolysis) is 1. The average Bonchev–Trinajstić information content (AvgIpc) is 2.73. The quantitative estimate of drug-likeness (QED) is 0.609. The molecule has 0 saturated heterocycles. The zero-order valence-electron chi connectivity index (χ0n) is 12.1. The van der Waals surface area contributed by atoms with Gasteiger partial charge in [-0.1, -0.05) is 0 Å². The van der Waals surface area contributed by atoms with Crippen molar-refractivity contribution in [2.45, 2.75) is 32.8 Å². The Labute approximate surface area is 118 Å². The van der Waals surface area contributed by atoms with Crippen LogP contribution in [-0.4, -0.2) is 35.7 Å². The first kappa shape index (κ1) is 15.9. The number of H-pyrrole nitrogens is 1. The summed E-state index contributed by atoms with van der Waals surface area (Å²) in [5.41, 5.74) is 5.93. The molecule has 112 valence electrons. The van der Waals surface area contributed by atoms with Gasteiger partial charge in [0, 0.05) is 25.0 Å². The van der Waals surface area contributed by atoms with E-state index in [0.29, 0.717) is 30.9 Å². The molecule has 0 atom stereocenters. The lowest BCUT2D eigenvalue weighted by Gasteiger charge is -2.19. The number of carbonyl (C=O) groups excluding carboxylic acids is 2. The van der Waals surface area contributed by atoms with Crippen LogP contribution in [0.1, 0.15) is 37.7 Å². The summed E-state index contributed by atoms with van der Waals surface area (Å²) in [4.78, 5) is 25.7. The molecule has 0 aliphatic rings. The molecule has 0 radical (unpaired) electrons. The number of hydrogen-bond acceptors (Lipinski definition) is 4. The van der Waals surface area contributed by atoms with Crippen LogP contribution in [0.4, 0.5) is 10.5 Å². The van der Waals surface area contributed by atoms with E-state index in [1.165, 1.54) is 0 Å². The number of anilines is 1. The largest absolute Gasteiger partial charge is 0.444 e. The van der Waals surface area contributed by atoms with Crippen LogP contribution in [-0.2, 0) is 4.74 Å². The number of nitrogen functional groups attached to an aromatic ring is 1. The molecule has 0 aromatic carbocycles. The summed E-state index contributed by atoms with van der Waals surface area (Å²) in [6.45, 7) is 6.29. The second kappa shape index (κ2) is 6.83. The first-order valence-electron chi connectivity index (χ1n) is 6.47. The van der Waals surface area contributed by atoms with E-state index < -0.39 is 11.7 Å². The predicted molar refractivity (Wildman–Crippen MR) is 76.4 cm³/mol. The monoisotopic (exact) mass is 282 g/mol. The summed E-state index contributed by atoms with van der Waals surface area (Å²) in [6.07, 6.45) is 1.71. The number of nitrogens with one attached hydrogen (secondary N) is 3. The maximum Gasteiger partial charge on any atom is 0.407 e. The third-order valence-electron chi connectivity index (χ3n) is 2.26. The van der Waals surface area contributed by atoms with Gasteiger partial charge in [-0.15, -0.1) is 0 Å². The standard InChI is InChI=1S/C13H22N4O3/c1-13(2,3)20-12(19)16-6-4-5-15-11(18)10-7-9(14)8-17-10/h7-8,17H,4-6,14H2,1-3H3,(H,15,18)(H,16,19). The summed E-state index contributed by atoms with van der Waals surface area (Å²) in [5, 5.41) is 5.33. The van der Waals surface area contributed by atoms with E-state index in [2.05, 4.69) is 15.6 Å². The Morgan fingerprint density at radius 1 is 1.30 bits per heavy atom. The highest BCUT2D eigenvalue weighted by Gasteiger charge is 2.15. The number of carbonyl (C=O) groups is 2. The molecule has 5 N–H and O–H groups in total. The lowest BCUT2D eigenvalue weighted by molar-refractivity contribution is 0.0527. The molecule has 1 heterocycles. The van der Waals surface area contributed by atoms with Gasteiger partial charge in [-0.3, -0.25) is 4.79 Å². The van der Waals surface area contributed by atoms with Crippen LogP contribution in [0.25, 0.3) is 0 Å². The lowest BCUT2D eigenvalue weighted by atomic mass is 10.2. The van der Waals surface area contributed by atoms with Crippen LogP contribution in [0, 0.1) is 0 Å². The van der Waals surface area contributed by atoms with Gasteiger partial charge in [0.05, 0.1) is 0 Å². The summed E-state index contributed by atoms with van der Waals surface area (Å²) >= 11 is 0. The Morgan fingerprint density at radius 3 is 2.50 bits per heavy atom. The summed E-state index contributed by atoms with van der Waals surface area (Å²) in [7, 11) is 0. The molecule has 20 heavy (non-hydrogen) atoms. The predicted octanol–water partition coefficient (Wildman–Crippen LogP) is 1.24. The average molecular weight is 282 g/mol. The summed E-state index contributed by atoms with van der Waals surface area (Å²) in [5.74, 6) is -0.223. The molecule has 0 fully saturated rings. The van der Waals surface area contributed by atoms with Gasteiger partial charge in [0.25, 0.3) is 5.91 Å². The van der Waals surface area contributed by atoms with Crippen LogP contribution in [0.15, 0.2) is 12.3 Å². The smallest absolute Gasteiger partial charge is 0.407 e. The molecule has 0 saturated carbocycles. The fourth-order valence-electron chi connectivity index (χ4n) is 1.43. The third-order valence-corrected chi connectivity index (χ3v) is 2.26. The number of rotatable bonds is 5. The van der Waals surface area contributed by atoms with Gasteiger partial charge in [-0.05, 0) is 33.3 Å². The van der Waals surface area contributed by atoms with E-state index in [0.717, 1.165) is 0 Å². The number of ether oxygens (including phenoxy) is 1. The van der Waals surface area contributed by atoms with E-state index in [9.17, 15) is 9.59 Å². The molecule has 0 unspecified atom stereocenters. The molecule has 1 rings (SSSR count).